The highest BCUT2D eigenvalue weighted by atomic mass is 32.1. The maximum absolute atomic E-state index is 4.43. The summed E-state index contributed by atoms with van der Waals surface area (Å²) in [6.45, 7) is 2.27. The number of hydrogen-bond donors (Lipinski definition) is 1. The van der Waals surface area contributed by atoms with Crippen molar-refractivity contribution in [2.75, 3.05) is 5.75 Å². The Morgan fingerprint density at radius 1 is 1.00 bits per heavy atom. The summed E-state index contributed by atoms with van der Waals surface area (Å²) in [4.78, 5) is 0. The van der Waals surface area contributed by atoms with Crippen molar-refractivity contribution >= 4 is 18.2 Å². The van der Waals surface area contributed by atoms with Crippen LogP contribution in [0.25, 0.3) is 5.57 Å². The first kappa shape index (κ1) is 15.4. The highest BCUT2D eigenvalue weighted by molar-refractivity contribution is 7.80. The lowest BCUT2D eigenvalue weighted by Crippen LogP contribution is -1.86. The zero-order valence-electron chi connectivity index (χ0n) is 11.6. The number of unbranched alkanes of at least 4 members (excludes halogenated alkanes) is 6. The van der Waals surface area contributed by atoms with Gasteiger partial charge < -0.3 is 0 Å². The number of allylic oxidation sites excluding steroid dienone is 1. The van der Waals surface area contributed by atoms with Gasteiger partial charge >= 0.3 is 0 Å². The Bertz CT molecular complexity index is 327. The molecule has 0 aliphatic carbocycles. The summed E-state index contributed by atoms with van der Waals surface area (Å²) < 4.78 is 0. The van der Waals surface area contributed by atoms with Crippen LogP contribution >= 0.6 is 12.6 Å². The van der Waals surface area contributed by atoms with Crippen LogP contribution in [0.3, 0.4) is 0 Å². The highest BCUT2D eigenvalue weighted by Gasteiger charge is 1.97. The second kappa shape index (κ2) is 10.3. The zero-order valence-corrected chi connectivity index (χ0v) is 12.5. The fraction of sp³-hybridized carbons (Fsp3) is 0.529. The van der Waals surface area contributed by atoms with Crippen LogP contribution in [0.2, 0.25) is 0 Å². The lowest BCUT2D eigenvalue weighted by Gasteiger charge is -2.04. The predicted octanol–water partition coefficient (Wildman–Crippen LogP) is 5.75. The smallest absolute Gasteiger partial charge is 0.0157 e. The van der Waals surface area contributed by atoms with E-state index in [0.717, 1.165) is 5.75 Å². The van der Waals surface area contributed by atoms with Gasteiger partial charge in [0.25, 0.3) is 0 Å². The van der Waals surface area contributed by atoms with Gasteiger partial charge in [0.15, 0.2) is 0 Å². The molecule has 0 heterocycles. The number of thiol groups is 1. The highest BCUT2D eigenvalue weighted by Crippen LogP contribution is 2.17. The lowest BCUT2D eigenvalue weighted by molar-refractivity contribution is 0.611. The molecule has 0 nitrogen and oxygen atoms in total. The summed E-state index contributed by atoms with van der Waals surface area (Å²) in [5, 5.41) is 0. The molecular weight excluding hydrogens is 236 g/mol. The molecule has 0 saturated heterocycles. The lowest BCUT2D eigenvalue weighted by atomic mass is 10.0. The van der Waals surface area contributed by atoms with Gasteiger partial charge in [0, 0.05) is 5.75 Å². The Kier molecular flexibility index (Phi) is 8.75. The summed E-state index contributed by atoms with van der Waals surface area (Å²) in [6.07, 6.45) is 11.7. The van der Waals surface area contributed by atoms with Crippen LogP contribution in [-0.2, 0) is 0 Å². The van der Waals surface area contributed by atoms with E-state index in [4.69, 9.17) is 0 Å². The zero-order chi connectivity index (χ0) is 13.1. The number of rotatable bonds is 9. The average molecular weight is 262 g/mol. The van der Waals surface area contributed by atoms with Gasteiger partial charge in [0.1, 0.15) is 0 Å². The van der Waals surface area contributed by atoms with Crippen LogP contribution in [0.5, 0.6) is 0 Å². The molecule has 0 saturated carbocycles. The molecule has 1 heteroatoms. The summed E-state index contributed by atoms with van der Waals surface area (Å²) in [5.74, 6) is 0.833. The molecule has 1 rings (SSSR count). The minimum Gasteiger partial charge on any atom is -0.175 e. The van der Waals surface area contributed by atoms with Crippen molar-refractivity contribution in [3.05, 3.63) is 42.0 Å². The quantitative estimate of drug-likeness (QED) is 0.425. The Labute approximate surface area is 118 Å². The molecule has 0 spiro atoms. The van der Waals surface area contributed by atoms with Crippen molar-refractivity contribution in [2.24, 2.45) is 0 Å². The third-order valence-electron chi connectivity index (χ3n) is 3.26. The maximum atomic E-state index is 4.43. The summed E-state index contributed by atoms with van der Waals surface area (Å²) >= 11 is 4.43. The predicted molar refractivity (Wildman–Crippen MR) is 86.3 cm³/mol. The topological polar surface area (TPSA) is 0 Å². The largest absolute Gasteiger partial charge is 0.175 e. The fourth-order valence-corrected chi connectivity index (χ4v) is 2.44. The van der Waals surface area contributed by atoms with Crippen molar-refractivity contribution in [3.8, 4) is 0 Å². The monoisotopic (exact) mass is 262 g/mol. The Hall–Kier alpha value is -0.690. The SMILES string of the molecule is CCCCCCCCC=C(CS)c1ccccc1. The van der Waals surface area contributed by atoms with E-state index < -0.39 is 0 Å². The Balaban J connectivity index is 2.27. The fourth-order valence-electron chi connectivity index (χ4n) is 2.13. The van der Waals surface area contributed by atoms with Gasteiger partial charge in [-0.3, -0.25) is 0 Å². The maximum Gasteiger partial charge on any atom is 0.0157 e. The molecule has 0 aromatic heterocycles. The first-order valence-corrected chi connectivity index (χ1v) is 7.87. The molecule has 0 fully saturated rings. The van der Waals surface area contributed by atoms with Crippen LogP contribution in [-0.4, -0.2) is 5.75 Å². The molecule has 18 heavy (non-hydrogen) atoms. The average Bonchev–Trinajstić information content (AvgIpc) is 2.43. The van der Waals surface area contributed by atoms with Crippen LogP contribution in [0, 0.1) is 0 Å². The normalized spacial score (nSPS) is 11.8. The second-order valence-corrected chi connectivity index (χ2v) is 5.13. The van der Waals surface area contributed by atoms with Gasteiger partial charge in [0.2, 0.25) is 0 Å². The molecule has 1 aromatic rings. The molecule has 1 aromatic carbocycles. The van der Waals surface area contributed by atoms with Gasteiger partial charge in [-0.2, -0.15) is 12.6 Å². The molecule has 0 N–H and O–H groups in total. The van der Waals surface area contributed by atoms with Crippen molar-refractivity contribution in [1.29, 1.82) is 0 Å². The van der Waals surface area contributed by atoms with Gasteiger partial charge in [0.05, 0.1) is 0 Å². The summed E-state index contributed by atoms with van der Waals surface area (Å²) in [6, 6.07) is 10.6. The molecule has 100 valence electrons. The minimum atomic E-state index is 0.833. The molecule has 0 bridgehead atoms. The molecule has 0 radical (unpaired) electrons. The first-order valence-electron chi connectivity index (χ1n) is 7.23. The van der Waals surface area contributed by atoms with E-state index in [1.807, 2.05) is 0 Å². The van der Waals surface area contributed by atoms with Crippen LogP contribution < -0.4 is 0 Å². The van der Waals surface area contributed by atoms with E-state index in [0.29, 0.717) is 0 Å². The van der Waals surface area contributed by atoms with Gasteiger partial charge in [-0.15, -0.1) is 0 Å². The van der Waals surface area contributed by atoms with Gasteiger partial charge in [-0.25, -0.2) is 0 Å². The van der Waals surface area contributed by atoms with Gasteiger partial charge in [-0.1, -0.05) is 75.4 Å². The number of benzene rings is 1. The van der Waals surface area contributed by atoms with Crippen molar-refractivity contribution in [2.45, 2.75) is 51.9 Å². The van der Waals surface area contributed by atoms with E-state index >= 15 is 0 Å². The summed E-state index contributed by atoms with van der Waals surface area (Å²) in [5.41, 5.74) is 2.69. The van der Waals surface area contributed by atoms with Crippen LogP contribution in [0.15, 0.2) is 36.4 Å². The molecular formula is C17H26S. The standard InChI is InChI=1S/C17H26S/c1-2-3-4-5-6-7-9-14-17(15-18)16-12-10-8-11-13-16/h8,10-14,18H,2-7,9,15H2,1H3. The molecule has 0 atom stereocenters. The van der Waals surface area contributed by atoms with Crippen molar-refractivity contribution in [3.63, 3.8) is 0 Å². The third kappa shape index (κ3) is 6.30. The molecule has 0 unspecified atom stereocenters. The number of hydrogen-bond acceptors (Lipinski definition) is 1. The van der Waals surface area contributed by atoms with Crippen LogP contribution in [0.4, 0.5) is 0 Å². The van der Waals surface area contributed by atoms with E-state index in [2.05, 4.69) is 56.0 Å². The third-order valence-corrected chi connectivity index (χ3v) is 3.60. The van der Waals surface area contributed by atoms with E-state index in [9.17, 15) is 0 Å². The van der Waals surface area contributed by atoms with Crippen molar-refractivity contribution in [1.82, 2.24) is 0 Å². The Morgan fingerprint density at radius 3 is 2.33 bits per heavy atom. The molecule has 0 aliphatic heterocycles. The Morgan fingerprint density at radius 2 is 1.67 bits per heavy atom. The van der Waals surface area contributed by atoms with E-state index in [1.54, 1.807) is 0 Å². The van der Waals surface area contributed by atoms with Crippen LogP contribution in [0.1, 0.15) is 57.4 Å². The molecule has 0 aliphatic rings. The van der Waals surface area contributed by atoms with E-state index in [1.165, 1.54) is 56.1 Å². The van der Waals surface area contributed by atoms with E-state index in [-0.39, 0.29) is 0 Å². The van der Waals surface area contributed by atoms with Crippen molar-refractivity contribution < 1.29 is 0 Å². The summed E-state index contributed by atoms with van der Waals surface area (Å²) in [7, 11) is 0. The first-order chi connectivity index (χ1) is 8.88. The second-order valence-electron chi connectivity index (χ2n) is 4.81. The van der Waals surface area contributed by atoms with Gasteiger partial charge in [-0.05, 0) is 24.0 Å². The minimum absolute atomic E-state index is 0.833. The molecule has 0 amide bonds.